The molecule has 0 saturated heterocycles. The Hall–Kier alpha value is -2.99. The fraction of sp³-hybridized carbons (Fsp3) is 0.318. The highest BCUT2D eigenvalue weighted by Crippen LogP contribution is 2.13. The van der Waals surface area contributed by atoms with Gasteiger partial charge in [-0.1, -0.05) is 24.3 Å². The van der Waals surface area contributed by atoms with Crippen LogP contribution in [0, 0.1) is 0 Å². The Kier molecular flexibility index (Phi) is 7.32. The average molecular weight is 380 g/mol. The lowest BCUT2D eigenvalue weighted by Crippen LogP contribution is -2.38. The molecule has 1 aromatic carbocycles. The maximum atomic E-state index is 5.45. The van der Waals surface area contributed by atoms with Gasteiger partial charge in [-0.3, -0.25) is 9.89 Å². The normalized spacial score (nSPS) is 11.8. The van der Waals surface area contributed by atoms with Gasteiger partial charge in [0, 0.05) is 45.6 Å². The molecule has 0 bridgehead atoms. The highest BCUT2D eigenvalue weighted by molar-refractivity contribution is 5.79. The van der Waals surface area contributed by atoms with Crippen molar-refractivity contribution in [2.75, 3.05) is 20.6 Å². The molecule has 0 unspecified atom stereocenters. The number of nitrogens with one attached hydrogen (secondary N) is 2. The van der Waals surface area contributed by atoms with Crippen molar-refractivity contribution in [2.24, 2.45) is 4.99 Å². The van der Waals surface area contributed by atoms with E-state index in [1.807, 2.05) is 24.3 Å². The number of hydrogen-bond donors (Lipinski definition) is 2. The third kappa shape index (κ3) is 6.03. The molecule has 0 aliphatic carbocycles. The minimum atomic E-state index is 0.730. The molecule has 148 valence electrons. The molecule has 0 atom stereocenters. The molecule has 28 heavy (non-hydrogen) atoms. The molecular weight excluding hydrogens is 350 g/mol. The Labute approximate surface area is 166 Å². The van der Waals surface area contributed by atoms with Gasteiger partial charge in [0.05, 0.1) is 12.8 Å². The van der Waals surface area contributed by atoms with Crippen molar-refractivity contribution in [3.63, 3.8) is 0 Å². The predicted octanol–water partition coefficient (Wildman–Crippen LogP) is 3.08. The van der Waals surface area contributed by atoms with Crippen molar-refractivity contribution in [2.45, 2.75) is 26.2 Å². The topological polar surface area (TPSA) is 57.7 Å². The summed E-state index contributed by atoms with van der Waals surface area (Å²) in [6.45, 7) is 4.10. The molecule has 3 rings (SSSR count). The molecule has 2 N–H and O–H groups in total. The van der Waals surface area contributed by atoms with E-state index < -0.39 is 0 Å². The minimum absolute atomic E-state index is 0.730. The van der Waals surface area contributed by atoms with Crippen molar-refractivity contribution >= 4 is 5.96 Å². The first-order valence-electron chi connectivity index (χ1n) is 9.57. The summed E-state index contributed by atoms with van der Waals surface area (Å²) in [6.07, 6.45) is 5.84. The Bertz CT molecular complexity index is 840. The Morgan fingerprint density at radius 1 is 1.00 bits per heavy atom. The van der Waals surface area contributed by atoms with E-state index >= 15 is 0 Å². The van der Waals surface area contributed by atoms with E-state index in [1.165, 1.54) is 11.1 Å². The minimum Gasteiger partial charge on any atom is -0.468 e. The van der Waals surface area contributed by atoms with Gasteiger partial charge >= 0.3 is 0 Å². The second-order valence-corrected chi connectivity index (χ2v) is 6.79. The van der Waals surface area contributed by atoms with E-state index in [0.29, 0.717) is 0 Å². The van der Waals surface area contributed by atoms with Crippen molar-refractivity contribution in [3.05, 3.63) is 84.1 Å². The van der Waals surface area contributed by atoms with E-state index in [9.17, 15) is 0 Å². The van der Waals surface area contributed by atoms with Gasteiger partial charge in [-0.15, -0.1) is 0 Å². The van der Waals surface area contributed by atoms with Gasteiger partial charge in [0.25, 0.3) is 0 Å². The molecule has 0 radical (unpaired) electrons. The van der Waals surface area contributed by atoms with Crippen LogP contribution in [0.5, 0.6) is 0 Å². The lowest BCUT2D eigenvalue weighted by atomic mass is 10.1. The van der Waals surface area contributed by atoms with Crippen LogP contribution in [-0.2, 0) is 26.2 Å². The largest absolute Gasteiger partial charge is 0.468 e. The SMILES string of the molecule is CN=C(NCCn1cccc1)NCc1ccccc1CN(C)Cc1ccco1. The van der Waals surface area contributed by atoms with Crippen LogP contribution < -0.4 is 10.6 Å². The number of rotatable bonds is 9. The molecule has 0 amide bonds. The van der Waals surface area contributed by atoms with Crippen LogP contribution in [0.1, 0.15) is 16.9 Å². The standard InChI is InChI=1S/C22H29N5O/c1-23-22(24-11-14-27-12-5-6-13-27)25-16-19-8-3-4-9-20(19)17-26(2)18-21-10-7-15-28-21/h3-10,12-13,15H,11,14,16-18H2,1-2H3,(H2,23,24,25). The number of aromatic nitrogens is 1. The Balaban J connectivity index is 1.50. The first-order chi connectivity index (χ1) is 13.7. The summed E-state index contributed by atoms with van der Waals surface area (Å²) in [5, 5.41) is 6.78. The third-order valence-corrected chi connectivity index (χ3v) is 4.56. The fourth-order valence-electron chi connectivity index (χ4n) is 3.12. The van der Waals surface area contributed by atoms with Crippen LogP contribution >= 0.6 is 0 Å². The molecule has 2 aromatic heterocycles. The molecule has 0 spiro atoms. The average Bonchev–Trinajstić information content (AvgIpc) is 3.39. The molecule has 6 nitrogen and oxygen atoms in total. The Morgan fingerprint density at radius 3 is 2.50 bits per heavy atom. The lowest BCUT2D eigenvalue weighted by Gasteiger charge is -2.19. The lowest BCUT2D eigenvalue weighted by molar-refractivity contribution is 0.287. The number of furan rings is 1. The number of benzene rings is 1. The number of hydrogen-bond acceptors (Lipinski definition) is 3. The molecular formula is C22H29N5O. The summed E-state index contributed by atoms with van der Waals surface area (Å²) in [5.41, 5.74) is 2.56. The van der Waals surface area contributed by atoms with E-state index in [0.717, 1.165) is 44.4 Å². The molecule has 0 aliphatic rings. The van der Waals surface area contributed by atoms with Gasteiger partial charge in [0.15, 0.2) is 5.96 Å². The second-order valence-electron chi connectivity index (χ2n) is 6.79. The molecule has 6 heteroatoms. The van der Waals surface area contributed by atoms with Crippen LogP contribution in [-0.4, -0.2) is 36.1 Å². The van der Waals surface area contributed by atoms with E-state index in [2.05, 4.69) is 68.8 Å². The summed E-state index contributed by atoms with van der Waals surface area (Å²) in [4.78, 5) is 6.58. The van der Waals surface area contributed by atoms with Crippen LogP contribution in [0.4, 0.5) is 0 Å². The van der Waals surface area contributed by atoms with Crippen LogP contribution in [0.3, 0.4) is 0 Å². The van der Waals surface area contributed by atoms with Crippen molar-refractivity contribution < 1.29 is 4.42 Å². The van der Waals surface area contributed by atoms with E-state index in [1.54, 1.807) is 13.3 Å². The highest BCUT2D eigenvalue weighted by Gasteiger charge is 2.08. The number of guanidine groups is 1. The Morgan fingerprint density at radius 2 is 1.79 bits per heavy atom. The third-order valence-electron chi connectivity index (χ3n) is 4.56. The first-order valence-corrected chi connectivity index (χ1v) is 9.57. The molecule has 0 aliphatic heterocycles. The van der Waals surface area contributed by atoms with Crippen LogP contribution in [0.25, 0.3) is 0 Å². The van der Waals surface area contributed by atoms with Gasteiger partial charge in [0.2, 0.25) is 0 Å². The zero-order valence-corrected chi connectivity index (χ0v) is 16.6. The second kappa shape index (κ2) is 10.4. The smallest absolute Gasteiger partial charge is 0.191 e. The van der Waals surface area contributed by atoms with Crippen molar-refractivity contribution in [1.29, 1.82) is 0 Å². The summed E-state index contributed by atoms with van der Waals surface area (Å²) in [6, 6.07) is 16.5. The van der Waals surface area contributed by atoms with E-state index in [-0.39, 0.29) is 0 Å². The fourth-order valence-corrected chi connectivity index (χ4v) is 3.12. The monoisotopic (exact) mass is 379 g/mol. The molecule has 2 heterocycles. The predicted molar refractivity (Wildman–Crippen MR) is 113 cm³/mol. The van der Waals surface area contributed by atoms with Crippen molar-refractivity contribution in [3.8, 4) is 0 Å². The van der Waals surface area contributed by atoms with Gasteiger partial charge in [0.1, 0.15) is 5.76 Å². The van der Waals surface area contributed by atoms with Gasteiger partial charge < -0.3 is 19.6 Å². The summed E-state index contributed by atoms with van der Waals surface area (Å²) >= 11 is 0. The molecule has 0 saturated carbocycles. The molecule has 3 aromatic rings. The quantitative estimate of drug-likeness (QED) is 0.443. The molecule has 0 fully saturated rings. The van der Waals surface area contributed by atoms with E-state index in [4.69, 9.17) is 4.42 Å². The zero-order valence-electron chi connectivity index (χ0n) is 16.6. The van der Waals surface area contributed by atoms with Gasteiger partial charge in [-0.2, -0.15) is 0 Å². The maximum Gasteiger partial charge on any atom is 0.191 e. The van der Waals surface area contributed by atoms with Gasteiger partial charge in [-0.05, 0) is 42.4 Å². The van der Waals surface area contributed by atoms with Crippen molar-refractivity contribution in [1.82, 2.24) is 20.1 Å². The summed E-state index contributed by atoms with van der Waals surface area (Å²) < 4.78 is 7.59. The number of aliphatic imine (C=N–C) groups is 1. The van der Waals surface area contributed by atoms with Crippen LogP contribution in [0.2, 0.25) is 0 Å². The highest BCUT2D eigenvalue weighted by atomic mass is 16.3. The summed E-state index contributed by atoms with van der Waals surface area (Å²) in [5.74, 6) is 1.79. The first kappa shape index (κ1) is 19.8. The van der Waals surface area contributed by atoms with Gasteiger partial charge in [-0.25, -0.2) is 0 Å². The zero-order chi connectivity index (χ0) is 19.6. The summed E-state index contributed by atoms with van der Waals surface area (Å²) in [7, 11) is 3.91. The maximum absolute atomic E-state index is 5.45. The number of nitrogens with zero attached hydrogens (tertiary/aromatic N) is 3. The van der Waals surface area contributed by atoms with Crippen LogP contribution in [0.15, 0.2) is 76.6 Å².